The highest BCUT2D eigenvalue weighted by Gasteiger charge is 2.41. The summed E-state index contributed by atoms with van der Waals surface area (Å²) in [5.41, 5.74) is -1.75. The van der Waals surface area contributed by atoms with Crippen LogP contribution >= 0.6 is 0 Å². The Morgan fingerprint density at radius 1 is 1.30 bits per heavy atom. The van der Waals surface area contributed by atoms with Gasteiger partial charge in [-0.15, -0.1) is 0 Å². The average Bonchev–Trinajstić information content (AvgIpc) is 2.38. The third kappa shape index (κ3) is 3.27. The highest BCUT2D eigenvalue weighted by molar-refractivity contribution is 6.07. The smallest absolute Gasteiger partial charge is 0.455 e. The molecule has 0 atom stereocenters. The van der Waals surface area contributed by atoms with Crippen molar-refractivity contribution in [1.29, 1.82) is 10.5 Å². The van der Waals surface area contributed by atoms with E-state index in [9.17, 15) is 23.1 Å². The van der Waals surface area contributed by atoms with Crippen molar-refractivity contribution in [1.82, 2.24) is 0 Å². The van der Waals surface area contributed by atoms with Crippen molar-refractivity contribution < 1.29 is 23.1 Å². The lowest BCUT2D eigenvalue weighted by Gasteiger charge is -2.12. The summed E-state index contributed by atoms with van der Waals surface area (Å²) in [6.45, 7) is 0. The minimum atomic E-state index is -5.16. The molecule has 0 aliphatic rings. The first-order chi connectivity index (χ1) is 9.31. The zero-order valence-electron chi connectivity index (χ0n) is 9.69. The number of hydrogen-bond acceptors (Lipinski definition) is 5. The quantitative estimate of drug-likeness (QED) is 0.655. The van der Waals surface area contributed by atoms with Crippen molar-refractivity contribution >= 4 is 11.5 Å². The number of phenols is 1. The molecule has 0 radical (unpaired) electrons. The van der Waals surface area contributed by atoms with Gasteiger partial charge in [0.15, 0.2) is 0 Å². The minimum Gasteiger partial charge on any atom is -0.507 e. The van der Waals surface area contributed by atoms with Gasteiger partial charge in [0.2, 0.25) is 0 Å². The minimum absolute atomic E-state index is 0.365. The van der Waals surface area contributed by atoms with Crippen LogP contribution < -0.4 is 5.32 Å². The lowest BCUT2D eigenvalue weighted by Crippen LogP contribution is -2.23. The second-order valence-electron chi connectivity index (χ2n) is 3.45. The summed E-state index contributed by atoms with van der Waals surface area (Å²) in [7, 11) is 0. The van der Waals surface area contributed by atoms with E-state index in [-0.39, 0.29) is 5.69 Å². The molecule has 0 aromatic heterocycles. The molecule has 0 spiro atoms. The van der Waals surface area contributed by atoms with Crippen LogP contribution in [0.15, 0.2) is 30.0 Å². The van der Waals surface area contributed by atoms with E-state index < -0.39 is 28.8 Å². The average molecular weight is 281 g/mol. The van der Waals surface area contributed by atoms with E-state index in [0.717, 1.165) is 18.3 Å². The van der Waals surface area contributed by atoms with Crippen LogP contribution in [0.3, 0.4) is 0 Å². The Labute approximate surface area is 111 Å². The Morgan fingerprint density at radius 2 is 1.90 bits per heavy atom. The number of halogens is 3. The van der Waals surface area contributed by atoms with E-state index in [1.807, 2.05) is 0 Å². The van der Waals surface area contributed by atoms with E-state index in [1.54, 1.807) is 0 Å². The first kappa shape index (κ1) is 15.1. The molecule has 0 saturated carbocycles. The Morgan fingerprint density at radius 3 is 2.40 bits per heavy atom. The van der Waals surface area contributed by atoms with Crippen molar-refractivity contribution in [2.75, 3.05) is 5.32 Å². The van der Waals surface area contributed by atoms with E-state index >= 15 is 0 Å². The summed E-state index contributed by atoms with van der Waals surface area (Å²) in [6, 6.07) is 6.19. The fourth-order valence-electron chi connectivity index (χ4n) is 1.28. The molecule has 2 N–H and O–H groups in total. The molecule has 0 bridgehead atoms. The molecule has 102 valence electrons. The van der Waals surface area contributed by atoms with Crippen molar-refractivity contribution in [2.24, 2.45) is 0 Å². The van der Waals surface area contributed by atoms with Gasteiger partial charge in [0.1, 0.15) is 23.5 Å². The summed E-state index contributed by atoms with van der Waals surface area (Å²) in [5.74, 6) is -3.09. The first-order valence-corrected chi connectivity index (χ1v) is 5.01. The van der Waals surface area contributed by atoms with Gasteiger partial charge in [0.25, 0.3) is 5.78 Å². The van der Waals surface area contributed by atoms with Crippen LogP contribution in [0, 0.1) is 22.7 Å². The van der Waals surface area contributed by atoms with Gasteiger partial charge < -0.3 is 10.4 Å². The number of aromatic hydroxyl groups is 1. The van der Waals surface area contributed by atoms with Crippen LogP contribution in [-0.2, 0) is 0 Å². The number of carbonyl (C=O) groups is 1. The molecule has 1 aromatic carbocycles. The molecular formula is C12H6F3N3O2. The SMILES string of the molecule is N#CC(C#N)=CNc1cccc(O)c1C(=O)C(F)(F)F. The maximum Gasteiger partial charge on any atom is 0.455 e. The molecular weight excluding hydrogens is 275 g/mol. The predicted octanol–water partition coefficient (Wildman–Crippen LogP) is 2.48. The van der Waals surface area contributed by atoms with Crippen LogP contribution in [0.2, 0.25) is 0 Å². The van der Waals surface area contributed by atoms with Crippen LogP contribution in [-0.4, -0.2) is 17.1 Å². The second kappa shape index (κ2) is 5.76. The number of carbonyl (C=O) groups excluding carboxylic acids is 1. The van der Waals surface area contributed by atoms with Crippen molar-refractivity contribution in [2.45, 2.75) is 6.18 Å². The molecule has 20 heavy (non-hydrogen) atoms. The fraction of sp³-hybridized carbons (Fsp3) is 0.0833. The Balaban J connectivity index is 3.27. The van der Waals surface area contributed by atoms with Crippen LogP contribution in [0.5, 0.6) is 5.75 Å². The number of benzene rings is 1. The number of nitrogens with one attached hydrogen (secondary N) is 1. The van der Waals surface area contributed by atoms with Gasteiger partial charge in [-0.3, -0.25) is 4.79 Å². The molecule has 0 aliphatic carbocycles. The van der Waals surface area contributed by atoms with Gasteiger partial charge in [-0.25, -0.2) is 0 Å². The molecule has 0 saturated heterocycles. The summed E-state index contributed by atoms with van der Waals surface area (Å²) in [6.07, 6.45) is -4.33. The first-order valence-electron chi connectivity index (χ1n) is 5.01. The molecule has 5 nitrogen and oxygen atoms in total. The number of ketones is 1. The number of nitrogens with zero attached hydrogens (tertiary/aromatic N) is 2. The van der Waals surface area contributed by atoms with Crippen LogP contribution in [0.1, 0.15) is 10.4 Å². The number of phenolic OH excluding ortho intramolecular Hbond substituents is 1. The molecule has 0 heterocycles. The molecule has 0 aliphatic heterocycles. The van der Waals surface area contributed by atoms with Crippen molar-refractivity contribution in [3.63, 3.8) is 0 Å². The maximum absolute atomic E-state index is 12.4. The van der Waals surface area contributed by atoms with Gasteiger partial charge in [-0.2, -0.15) is 23.7 Å². The molecule has 0 fully saturated rings. The molecule has 1 aromatic rings. The van der Waals surface area contributed by atoms with Crippen LogP contribution in [0.25, 0.3) is 0 Å². The van der Waals surface area contributed by atoms with E-state index in [1.165, 1.54) is 18.2 Å². The third-order valence-corrected chi connectivity index (χ3v) is 2.14. The second-order valence-corrected chi connectivity index (χ2v) is 3.45. The van der Waals surface area contributed by atoms with E-state index in [2.05, 4.69) is 5.32 Å². The van der Waals surface area contributed by atoms with Gasteiger partial charge in [-0.05, 0) is 12.1 Å². The Hall–Kier alpha value is -3.00. The number of nitriles is 2. The Bertz CT molecular complexity index is 635. The van der Waals surface area contributed by atoms with Gasteiger partial charge in [0.05, 0.1) is 11.3 Å². The summed E-state index contributed by atoms with van der Waals surface area (Å²) >= 11 is 0. The predicted molar refractivity (Wildman–Crippen MR) is 61.4 cm³/mol. The third-order valence-electron chi connectivity index (χ3n) is 2.14. The zero-order chi connectivity index (χ0) is 15.3. The maximum atomic E-state index is 12.4. The lowest BCUT2D eigenvalue weighted by molar-refractivity contribution is -0.0886. The van der Waals surface area contributed by atoms with Gasteiger partial charge >= 0.3 is 6.18 Å². The topological polar surface area (TPSA) is 96.9 Å². The summed E-state index contributed by atoms with van der Waals surface area (Å²) in [5, 5.41) is 28.6. The standard InChI is InChI=1S/C12H6F3N3O2/c13-12(14,15)11(20)10-8(2-1-3-9(10)19)18-6-7(4-16)5-17/h1-3,6,18-19H. The largest absolute Gasteiger partial charge is 0.507 e. The highest BCUT2D eigenvalue weighted by atomic mass is 19.4. The lowest BCUT2D eigenvalue weighted by atomic mass is 10.1. The van der Waals surface area contributed by atoms with Crippen molar-refractivity contribution in [3.8, 4) is 17.9 Å². The number of rotatable bonds is 3. The fourth-order valence-corrected chi connectivity index (χ4v) is 1.28. The number of anilines is 1. The monoisotopic (exact) mass is 281 g/mol. The highest BCUT2D eigenvalue weighted by Crippen LogP contribution is 2.32. The summed E-state index contributed by atoms with van der Waals surface area (Å²) < 4.78 is 37.3. The molecule has 8 heteroatoms. The van der Waals surface area contributed by atoms with Gasteiger partial charge in [-0.1, -0.05) is 6.07 Å². The number of Topliss-reactive ketones (excluding diaryl/α,β-unsaturated/α-hetero) is 1. The zero-order valence-corrected chi connectivity index (χ0v) is 9.69. The molecule has 0 unspecified atom stereocenters. The molecule has 1 rings (SSSR count). The summed E-state index contributed by atoms with van der Waals surface area (Å²) in [4.78, 5) is 11.2. The number of allylic oxidation sites excluding steroid dienone is 1. The number of hydrogen-bond donors (Lipinski definition) is 2. The molecule has 0 amide bonds. The van der Waals surface area contributed by atoms with Gasteiger partial charge in [0, 0.05) is 6.20 Å². The Kier molecular flexibility index (Phi) is 4.34. The van der Waals surface area contributed by atoms with E-state index in [4.69, 9.17) is 10.5 Å². The number of alkyl halides is 3. The van der Waals surface area contributed by atoms with Crippen LogP contribution in [0.4, 0.5) is 18.9 Å². The van der Waals surface area contributed by atoms with E-state index in [0.29, 0.717) is 0 Å². The van der Waals surface area contributed by atoms with Crippen molar-refractivity contribution in [3.05, 3.63) is 35.5 Å². The normalized spacial score (nSPS) is 10.1.